The number of ketones is 1. The van der Waals surface area contributed by atoms with Gasteiger partial charge in [0.2, 0.25) is 0 Å². The predicted molar refractivity (Wildman–Crippen MR) is 38.9 cm³/mol. The van der Waals surface area contributed by atoms with Crippen LogP contribution in [0.5, 0.6) is 0 Å². The van der Waals surface area contributed by atoms with Crippen molar-refractivity contribution in [3.8, 4) is 0 Å². The molecule has 0 aliphatic carbocycles. The third kappa shape index (κ3) is 1.31. The molecule has 3 nitrogen and oxygen atoms in total. The smallest absolute Gasteiger partial charge is 0.314 e. The molecule has 11 heavy (non-hydrogen) atoms. The highest BCUT2D eigenvalue weighted by atomic mass is 16.6. The van der Waals surface area contributed by atoms with Crippen LogP contribution >= 0.6 is 0 Å². The number of carbonyl (C=O) groups is 2. The summed E-state index contributed by atoms with van der Waals surface area (Å²) in [7, 11) is 0. The number of rotatable bonds is 0. The number of cyclic esters (lactones) is 1. The van der Waals surface area contributed by atoms with Crippen molar-refractivity contribution >= 4 is 11.8 Å². The highest BCUT2D eigenvalue weighted by Crippen LogP contribution is 2.26. The molecule has 1 saturated heterocycles. The van der Waals surface area contributed by atoms with Crippen molar-refractivity contribution in [3.05, 3.63) is 12.2 Å². The molecule has 3 heteroatoms. The summed E-state index contributed by atoms with van der Waals surface area (Å²) in [5.74, 6) is -0.682. The highest BCUT2D eigenvalue weighted by Gasteiger charge is 2.36. The van der Waals surface area contributed by atoms with Gasteiger partial charge < -0.3 is 4.74 Å². The topological polar surface area (TPSA) is 43.4 Å². The molecule has 1 aliphatic rings. The maximum atomic E-state index is 11.0. The zero-order valence-corrected chi connectivity index (χ0v) is 6.64. The molecule has 0 radical (unpaired) electrons. The number of hydrogen-bond donors (Lipinski definition) is 0. The van der Waals surface area contributed by atoms with Gasteiger partial charge in [-0.2, -0.15) is 0 Å². The van der Waals surface area contributed by atoms with Gasteiger partial charge in [-0.25, -0.2) is 0 Å². The Hall–Kier alpha value is -1.12. The summed E-state index contributed by atoms with van der Waals surface area (Å²) in [6.45, 7) is 6.87. The quantitative estimate of drug-likeness (QED) is 0.295. The summed E-state index contributed by atoms with van der Waals surface area (Å²) in [6, 6.07) is 0. The molecule has 0 aromatic heterocycles. The van der Waals surface area contributed by atoms with Crippen molar-refractivity contribution in [1.82, 2.24) is 0 Å². The van der Waals surface area contributed by atoms with Crippen molar-refractivity contribution in [2.45, 2.75) is 25.9 Å². The number of Topliss-reactive ketones (excluding diaryl/α,β-unsaturated/α-hetero) is 1. The molecule has 1 aliphatic heterocycles. The second kappa shape index (κ2) is 2.19. The van der Waals surface area contributed by atoms with Gasteiger partial charge in [0.25, 0.3) is 0 Å². The molecule has 60 valence electrons. The second-order valence-electron chi connectivity index (χ2n) is 3.06. The van der Waals surface area contributed by atoms with E-state index in [1.807, 2.05) is 0 Å². The van der Waals surface area contributed by atoms with Crippen LogP contribution in [-0.2, 0) is 14.3 Å². The minimum Gasteiger partial charge on any atom is -0.454 e. The van der Waals surface area contributed by atoms with Crippen molar-refractivity contribution < 1.29 is 14.3 Å². The third-order valence-electron chi connectivity index (χ3n) is 1.74. The molecule has 0 saturated carbocycles. The summed E-state index contributed by atoms with van der Waals surface area (Å²) in [5.41, 5.74) is -0.441. The van der Waals surface area contributed by atoms with E-state index in [4.69, 9.17) is 4.74 Å². The van der Waals surface area contributed by atoms with E-state index in [0.29, 0.717) is 5.57 Å². The third-order valence-corrected chi connectivity index (χ3v) is 1.74. The SMILES string of the molecule is C=C1C(=O)CC(=O)OC1(C)C. The summed E-state index contributed by atoms with van der Waals surface area (Å²) >= 11 is 0. The molecule has 0 unspecified atom stereocenters. The lowest BCUT2D eigenvalue weighted by atomic mass is 9.91. The van der Waals surface area contributed by atoms with Crippen LogP contribution in [0.25, 0.3) is 0 Å². The Balaban J connectivity index is 2.92. The molecule has 1 rings (SSSR count). The van der Waals surface area contributed by atoms with E-state index in [1.54, 1.807) is 13.8 Å². The number of esters is 1. The van der Waals surface area contributed by atoms with Crippen molar-refractivity contribution in [2.24, 2.45) is 0 Å². The van der Waals surface area contributed by atoms with E-state index in [1.165, 1.54) is 0 Å². The van der Waals surface area contributed by atoms with Gasteiger partial charge in [-0.15, -0.1) is 0 Å². The number of carbonyl (C=O) groups excluding carboxylic acids is 2. The zero-order chi connectivity index (χ0) is 8.65. The number of ether oxygens (including phenoxy) is 1. The summed E-state index contributed by atoms with van der Waals surface area (Å²) in [4.78, 5) is 21.8. The predicted octanol–water partition coefficient (Wildman–Crippen LogP) is 0.837. The second-order valence-corrected chi connectivity index (χ2v) is 3.06. The average Bonchev–Trinajstić information content (AvgIpc) is 1.81. The standard InChI is InChI=1S/C8H10O3/c1-5-6(9)4-7(10)11-8(5,2)3/h1,4H2,2-3H3. The Bertz CT molecular complexity index is 238. The van der Waals surface area contributed by atoms with Gasteiger partial charge in [0, 0.05) is 5.57 Å². The fourth-order valence-electron chi connectivity index (χ4n) is 0.956. The van der Waals surface area contributed by atoms with Crippen LogP contribution in [0.15, 0.2) is 12.2 Å². The summed E-state index contributed by atoms with van der Waals surface area (Å²) in [5, 5.41) is 0. The molecule has 0 N–H and O–H groups in total. The van der Waals surface area contributed by atoms with Gasteiger partial charge in [-0.3, -0.25) is 9.59 Å². The van der Waals surface area contributed by atoms with Crippen molar-refractivity contribution in [1.29, 1.82) is 0 Å². The van der Waals surface area contributed by atoms with E-state index in [-0.39, 0.29) is 12.2 Å². The molecular weight excluding hydrogens is 144 g/mol. The maximum Gasteiger partial charge on any atom is 0.314 e. The van der Waals surface area contributed by atoms with Crippen molar-refractivity contribution in [3.63, 3.8) is 0 Å². The van der Waals surface area contributed by atoms with Gasteiger partial charge in [0.1, 0.15) is 12.0 Å². The Morgan fingerprint density at radius 1 is 1.45 bits per heavy atom. The lowest BCUT2D eigenvalue weighted by Gasteiger charge is -2.30. The van der Waals surface area contributed by atoms with Crippen molar-refractivity contribution in [2.75, 3.05) is 0 Å². The monoisotopic (exact) mass is 154 g/mol. The molecule has 0 aromatic carbocycles. The van der Waals surface area contributed by atoms with Gasteiger partial charge >= 0.3 is 5.97 Å². The number of hydrogen-bond acceptors (Lipinski definition) is 3. The Kier molecular flexibility index (Phi) is 1.59. The fourth-order valence-corrected chi connectivity index (χ4v) is 0.956. The summed E-state index contributed by atoms with van der Waals surface area (Å²) in [6.07, 6.45) is -0.164. The first-order valence-corrected chi connectivity index (χ1v) is 3.38. The highest BCUT2D eigenvalue weighted by molar-refractivity contribution is 6.08. The van der Waals surface area contributed by atoms with E-state index >= 15 is 0 Å². The molecule has 0 aromatic rings. The first-order chi connectivity index (χ1) is 4.93. The fraction of sp³-hybridized carbons (Fsp3) is 0.500. The molecule has 0 spiro atoms. The van der Waals surface area contributed by atoms with Crippen LogP contribution in [0, 0.1) is 0 Å². The largest absolute Gasteiger partial charge is 0.454 e. The molecule has 1 heterocycles. The van der Waals surface area contributed by atoms with E-state index in [2.05, 4.69) is 6.58 Å². The van der Waals surface area contributed by atoms with E-state index < -0.39 is 11.6 Å². The zero-order valence-electron chi connectivity index (χ0n) is 6.64. The minimum atomic E-state index is -0.813. The normalized spacial score (nSPS) is 23.3. The molecule has 0 amide bonds. The first kappa shape index (κ1) is 7.98. The van der Waals surface area contributed by atoms with Gasteiger partial charge in [0.15, 0.2) is 5.78 Å². The summed E-state index contributed by atoms with van der Waals surface area (Å²) < 4.78 is 4.90. The van der Waals surface area contributed by atoms with Crippen LogP contribution in [0.1, 0.15) is 20.3 Å². The Morgan fingerprint density at radius 2 is 2.00 bits per heavy atom. The lowest BCUT2D eigenvalue weighted by molar-refractivity contribution is -0.159. The van der Waals surface area contributed by atoms with Gasteiger partial charge in [-0.1, -0.05) is 6.58 Å². The molecular formula is C8H10O3. The molecule has 0 atom stereocenters. The van der Waals surface area contributed by atoms with Gasteiger partial charge in [0.05, 0.1) is 0 Å². The Morgan fingerprint density at radius 3 is 2.45 bits per heavy atom. The minimum absolute atomic E-state index is 0.164. The van der Waals surface area contributed by atoms with Crippen LogP contribution in [-0.4, -0.2) is 17.4 Å². The van der Waals surface area contributed by atoms with Crippen LogP contribution in [0.2, 0.25) is 0 Å². The molecule has 1 fully saturated rings. The first-order valence-electron chi connectivity index (χ1n) is 3.38. The Labute approximate surface area is 65.0 Å². The van der Waals surface area contributed by atoms with Crippen LogP contribution in [0.3, 0.4) is 0 Å². The van der Waals surface area contributed by atoms with E-state index in [9.17, 15) is 9.59 Å². The van der Waals surface area contributed by atoms with Crippen LogP contribution < -0.4 is 0 Å². The lowest BCUT2D eigenvalue weighted by Crippen LogP contribution is -2.39. The maximum absolute atomic E-state index is 11.0. The average molecular weight is 154 g/mol. The van der Waals surface area contributed by atoms with Gasteiger partial charge in [-0.05, 0) is 13.8 Å². The van der Waals surface area contributed by atoms with E-state index in [0.717, 1.165) is 0 Å². The molecule has 0 bridgehead atoms. The van der Waals surface area contributed by atoms with Crippen LogP contribution in [0.4, 0.5) is 0 Å².